The minimum Gasteiger partial charge on any atom is -0.480 e. The minimum atomic E-state index is -4.32. The largest absolute Gasteiger partial charge is 0.480 e. The molecule has 3 heterocycles. The number of sulfonamides is 1. The molecule has 1 aromatic heterocycles. The Labute approximate surface area is 231 Å². The summed E-state index contributed by atoms with van der Waals surface area (Å²) in [5, 5.41) is 9.96. The summed E-state index contributed by atoms with van der Waals surface area (Å²) in [4.78, 5) is 31.5. The van der Waals surface area contributed by atoms with E-state index in [2.05, 4.69) is 20.9 Å². The lowest BCUT2D eigenvalue weighted by atomic mass is 9.92. The molecule has 0 spiro atoms. The number of amides is 1. The molecule has 2 aliphatic rings. The molecule has 2 aromatic carbocycles. The summed E-state index contributed by atoms with van der Waals surface area (Å²) in [7, 11) is -4.32. The first-order chi connectivity index (χ1) is 17.4. The van der Waals surface area contributed by atoms with Crippen LogP contribution in [0.1, 0.15) is 25.3 Å². The number of aliphatic carboxylic acids is 1. The van der Waals surface area contributed by atoms with Crippen LogP contribution in [0.15, 0.2) is 58.2 Å². The number of hydrogen-bond acceptors (Lipinski definition) is 5. The number of aromatic nitrogens is 2. The van der Waals surface area contributed by atoms with Crippen molar-refractivity contribution in [1.29, 1.82) is 0 Å². The topological polar surface area (TPSA) is 113 Å². The van der Waals surface area contributed by atoms with Crippen molar-refractivity contribution in [2.75, 3.05) is 11.4 Å². The maximum Gasteiger partial charge on any atom is 0.322 e. The van der Waals surface area contributed by atoms with E-state index < -0.39 is 33.5 Å². The molecule has 1 amide bonds. The first kappa shape index (κ1) is 26.2. The zero-order valence-electron chi connectivity index (χ0n) is 19.4. The van der Waals surface area contributed by atoms with Crippen molar-refractivity contribution in [3.8, 4) is 0 Å². The van der Waals surface area contributed by atoms with Gasteiger partial charge in [-0.05, 0) is 55.7 Å². The van der Waals surface area contributed by atoms with Gasteiger partial charge in [0.05, 0.1) is 11.9 Å². The standard InChI is InChI=1S/C24H21BrCl2N4O5S/c1-24(12-14-4-6-15(25)7-5-14)22(34)30(18-10-16(26)9-17(27)11-18)23-28-13-20(31(23)24)37(35,36)29-8-2-3-19(29)21(32)33/h4-7,9-11,13,19H,2-3,8,12H2,1H3,(H,32,33)/t19-,24+/m0/s1. The van der Waals surface area contributed by atoms with Gasteiger partial charge >= 0.3 is 5.97 Å². The molecule has 1 fully saturated rings. The number of fused-ring (bicyclic) bond motifs is 1. The number of nitrogens with zero attached hydrogens (tertiary/aromatic N) is 4. The van der Waals surface area contributed by atoms with Gasteiger partial charge in [0, 0.05) is 27.5 Å². The molecule has 5 rings (SSSR count). The van der Waals surface area contributed by atoms with Crippen LogP contribution in [0.25, 0.3) is 0 Å². The van der Waals surface area contributed by atoms with Crippen molar-refractivity contribution in [1.82, 2.24) is 13.9 Å². The SMILES string of the molecule is C[C@@]1(Cc2ccc(Br)cc2)C(=O)N(c2cc(Cl)cc(Cl)c2)c2ncc(S(=O)(=O)N3CCC[C@H]3C(=O)O)n21. The summed E-state index contributed by atoms with van der Waals surface area (Å²) in [6.07, 6.45) is 1.95. The van der Waals surface area contributed by atoms with E-state index in [0.29, 0.717) is 22.2 Å². The molecule has 3 aromatic rings. The highest BCUT2D eigenvalue weighted by Gasteiger charge is 2.53. The third-order valence-corrected chi connectivity index (χ3v) is 9.53. The molecule has 0 bridgehead atoms. The van der Waals surface area contributed by atoms with Crippen LogP contribution < -0.4 is 4.90 Å². The van der Waals surface area contributed by atoms with Gasteiger partial charge in [0.2, 0.25) is 5.95 Å². The van der Waals surface area contributed by atoms with Gasteiger partial charge in [-0.15, -0.1) is 0 Å². The van der Waals surface area contributed by atoms with Crippen LogP contribution in [0.5, 0.6) is 0 Å². The maximum absolute atomic E-state index is 14.1. The Balaban J connectivity index is 1.70. The Kier molecular flexibility index (Phi) is 6.64. The molecule has 0 radical (unpaired) electrons. The van der Waals surface area contributed by atoms with Crippen LogP contribution in [-0.2, 0) is 31.6 Å². The van der Waals surface area contributed by atoms with Crippen LogP contribution in [0, 0.1) is 0 Å². The van der Waals surface area contributed by atoms with Crippen molar-refractivity contribution < 1.29 is 23.1 Å². The highest BCUT2D eigenvalue weighted by Crippen LogP contribution is 2.45. The predicted molar refractivity (Wildman–Crippen MR) is 142 cm³/mol. The monoisotopic (exact) mass is 626 g/mol. The molecule has 2 aliphatic heterocycles. The Morgan fingerprint density at radius 2 is 1.84 bits per heavy atom. The fraction of sp³-hybridized carbons (Fsp3) is 0.292. The first-order valence-corrected chi connectivity index (χ1v) is 14.3. The predicted octanol–water partition coefficient (Wildman–Crippen LogP) is 4.83. The maximum atomic E-state index is 14.1. The molecule has 194 valence electrons. The Morgan fingerprint density at radius 3 is 2.46 bits per heavy atom. The van der Waals surface area contributed by atoms with Crippen LogP contribution in [0.3, 0.4) is 0 Å². The third kappa shape index (κ3) is 4.36. The molecule has 9 nitrogen and oxygen atoms in total. The normalized spacial score (nSPS) is 22.0. The smallest absolute Gasteiger partial charge is 0.322 e. The molecule has 1 saturated heterocycles. The second-order valence-electron chi connectivity index (χ2n) is 9.19. The lowest BCUT2D eigenvalue weighted by Gasteiger charge is -2.28. The summed E-state index contributed by atoms with van der Waals surface area (Å²) in [5.41, 5.74) is -0.282. The fourth-order valence-electron chi connectivity index (χ4n) is 5.01. The van der Waals surface area contributed by atoms with Crippen LogP contribution >= 0.6 is 39.1 Å². The lowest BCUT2D eigenvalue weighted by molar-refractivity contribution is -0.140. The van der Waals surface area contributed by atoms with E-state index in [1.54, 1.807) is 19.1 Å². The van der Waals surface area contributed by atoms with Crippen molar-refractivity contribution in [3.63, 3.8) is 0 Å². The number of halogens is 3. The highest BCUT2D eigenvalue weighted by molar-refractivity contribution is 9.10. The van der Waals surface area contributed by atoms with Crippen molar-refractivity contribution in [3.05, 3.63) is 68.7 Å². The molecule has 0 aliphatic carbocycles. The first-order valence-electron chi connectivity index (χ1n) is 11.3. The van der Waals surface area contributed by atoms with E-state index in [9.17, 15) is 23.1 Å². The van der Waals surface area contributed by atoms with E-state index in [1.807, 2.05) is 24.3 Å². The number of carbonyl (C=O) groups is 2. The van der Waals surface area contributed by atoms with E-state index in [0.717, 1.165) is 14.3 Å². The van der Waals surface area contributed by atoms with Gasteiger partial charge in [0.1, 0.15) is 11.6 Å². The second-order valence-corrected chi connectivity index (χ2v) is 12.8. The number of carboxylic acids is 1. The summed E-state index contributed by atoms with van der Waals surface area (Å²) in [6.45, 7) is 1.71. The van der Waals surface area contributed by atoms with Gasteiger partial charge in [-0.1, -0.05) is 51.3 Å². The van der Waals surface area contributed by atoms with Gasteiger partial charge in [0.25, 0.3) is 15.9 Å². The summed E-state index contributed by atoms with van der Waals surface area (Å²) >= 11 is 15.8. The molecule has 2 atom stereocenters. The fourth-order valence-corrected chi connectivity index (χ4v) is 7.63. The van der Waals surface area contributed by atoms with Crippen LogP contribution in [0.4, 0.5) is 11.6 Å². The Bertz CT molecular complexity index is 1510. The van der Waals surface area contributed by atoms with Crippen molar-refractivity contribution >= 4 is 72.7 Å². The Hall–Kier alpha value is -2.44. The molecule has 37 heavy (non-hydrogen) atoms. The number of carbonyl (C=O) groups excluding carboxylic acids is 1. The average molecular weight is 628 g/mol. The number of rotatable bonds is 6. The second kappa shape index (κ2) is 9.39. The zero-order valence-corrected chi connectivity index (χ0v) is 23.4. The molecule has 0 unspecified atom stereocenters. The number of carboxylic acid groups (broad SMARTS) is 1. The molecule has 0 saturated carbocycles. The van der Waals surface area contributed by atoms with Gasteiger partial charge < -0.3 is 5.11 Å². The molecule has 1 N–H and O–H groups in total. The lowest BCUT2D eigenvalue weighted by Crippen LogP contribution is -2.45. The van der Waals surface area contributed by atoms with E-state index >= 15 is 0 Å². The molecular weight excluding hydrogens is 607 g/mol. The van der Waals surface area contributed by atoms with E-state index in [-0.39, 0.29) is 30.4 Å². The summed E-state index contributed by atoms with van der Waals surface area (Å²) in [5.74, 6) is -1.57. The quantitative estimate of drug-likeness (QED) is 0.419. The van der Waals surface area contributed by atoms with E-state index in [1.165, 1.54) is 21.7 Å². The van der Waals surface area contributed by atoms with Crippen molar-refractivity contribution in [2.45, 2.75) is 42.8 Å². The number of anilines is 2. The molecular formula is C24H21BrCl2N4O5S. The summed E-state index contributed by atoms with van der Waals surface area (Å²) < 4.78 is 30.9. The third-order valence-electron chi connectivity index (χ3n) is 6.70. The van der Waals surface area contributed by atoms with Gasteiger partial charge in [-0.2, -0.15) is 4.31 Å². The van der Waals surface area contributed by atoms with Gasteiger partial charge in [-0.25, -0.2) is 18.3 Å². The number of hydrogen-bond donors (Lipinski definition) is 1. The minimum absolute atomic E-state index is 0.0603. The zero-order chi connectivity index (χ0) is 26.7. The molecule has 13 heteroatoms. The number of benzene rings is 2. The van der Waals surface area contributed by atoms with Crippen molar-refractivity contribution in [2.24, 2.45) is 0 Å². The number of imidazole rings is 1. The summed E-state index contributed by atoms with van der Waals surface area (Å²) in [6, 6.07) is 10.8. The van der Waals surface area contributed by atoms with Gasteiger partial charge in [0.15, 0.2) is 5.03 Å². The van der Waals surface area contributed by atoms with Crippen LogP contribution in [0.2, 0.25) is 10.0 Å². The van der Waals surface area contributed by atoms with Crippen LogP contribution in [-0.4, -0.2) is 51.8 Å². The Morgan fingerprint density at radius 1 is 1.19 bits per heavy atom. The van der Waals surface area contributed by atoms with E-state index in [4.69, 9.17) is 23.2 Å². The highest BCUT2D eigenvalue weighted by atomic mass is 79.9. The van der Waals surface area contributed by atoms with Gasteiger partial charge in [-0.3, -0.25) is 14.2 Å². The average Bonchev–Trinajstić information content (AvgIpc) is 3.52.